The topological polar surface area (TPSA) is 78.1 Å². The average molecular weight is 165 g/mol. The molecule has 0 aliphatic rings. The van der Waals surface area contributed by atoms with E-state index in [2.05, 4.69) is 15.3 Å². The van der Waals surface area contributed by atoms with Crippen molar-refractivity contribution < 1.29 is 10.4 Å². The van der Waals surface area contributed by atoms with Crippen LogP contribution in [0.1, 0.15) is 11.4 Å². The van der Waals surface area contributed by atoms with Crippen molar-refractivity contribution in [1.82, 2.24) is 4.98 Å². The maximum absolute atomic E-state index is 8.19. The molecule has 0 radical (unpaired) electrons. The van der Waals surface area contributed by atoms with Gasteiger partial charge in [0.25, 0.3) is 0 Å². The van der Waals surface area contributed by atoms with Crippen LogP contribution >= 0.6 is 0 Å². The normalized spacial score (nSPS) is 11.3. The summed E-state index contributed by atoms with van der Waals surface area (Å²) in [4.78, 5) is 3.93. The number of hydrogen-bond acceptors (Lipinski definition) is 5. The smallest absolute Gasteiger partial charge is 0.0918 e. The monoisotopic (exact) mass is 165 g/mol. The summed E-state index contributed by atoms with van der Waals surface area (Å²) in [5, 5.41) is 22.0. The summed E-state index contributed by atoms with van der Waals surface area (Å²) < 4.78 is 0. The Hall–Kier alpha value is -1.91. The molecule has 0 atom stereocenters. The molecule has 5 heteroatoms. The summed E-state index contributed by atoms with van der Waals surface area (Å²) in [7, 11) is 0. The SMILES string of the molecule is O/N=C\c1cccc(/C=N/O)n1. The molecule has 62 valence electrons. The van der Waals surface area contributed by atoms with Crippen LogP contribution in [0.25, 0.3) is 0 Å². The number of hydrogen-bond donors (Lipinski definition) is 2. The fourth-order valence-corrected chi connectivity index (χ4v) is 0.731. The molecular weight excluding hydrogens is 158 g/mol. The first-order valence-electron chi connectivity index (χ1n) is 3.18. The third kappa shape index (κ3) is 2.05. The number of aromatic nitrogens is 1. The van der Waals surface area contributed by atoms with Gasteiger partial charge in [0.15, 0.2) is 0 Å². The van der Waals surface area contributed by atoms with Crippen molar-refractivity contribution in [3.05, 3.63) is 29.6 Å². The Bertz CT molecular complexity index is 282. The van der Waals surface area contributed by atoms with Gasteiger partial charge in [-0.25, -0.2) is 4.98 Å². The van der Waals surface area contributed by atoms with E-state index in [4.69, 9.17) is 10.4 Å². The van der Waals surface area contributed by atoms with Crippen molar-refractivity contribution >= 4 is 12.4 Å². The number of oxime groups is 2. The van der Waals surface area contributed by atoms with E-state index >= 15 is 0 Å². The maximum Gasteiger partial charge on any atom is 0.0918 e. The van der Waals surface area contributed by atoms with Gasteiger partial charge in [-0.2, -0.15) is 0 Å². The second kappa shape index (κ2) is 4.07. The highest BCUT2D eigenvalue weighted by molar-refractivity contribution is 5.81. The Labute approximate surface area is 68.7 Å². The molecule has 1 aromatic heterocycles. The van der Waals surface area contributed by atoms with Crippen molar-refractivity contribution in [1.29, 1.82) is 0 Å². The van der Waals surface area contributed by atoms with Crippen LogP contribution in [0, 0.1) is 0 Å². The zero-order valence-corrected chi connectivity index (χ0v) is 6.12. The first-order chi connectivity index (χ1) is 5.86. The van der Waals surface area contributed by atoms with Crippen LogP contribution in [0.3, 0.4) is 0 Å². The van der Waals surface area contributed by atoms with Crippen molar-refractivity contribution in [3.8, 4) is 0 Å². The molecule has 12 heavy (non-hydrogen) atoms. The minimum absolute atomic E-state index is 0.495. The molecule has 0 aliphatic heterocycles. The van der Waals surface area contributed by atoms with Crippen LogP contribution in [-0.2, 0) is 0 Å². The lowest BCUT2D eigenvalue weighted by Crippen LogP contribution is -1.92. The lowest BCUT2D eigenvalue weighted by molar-refractivity contribution is 0.321. The van der Waals surface area contributed by atoms with Gasteiger partial charge in [-0.3, -0.25) is 0 Å². The number of pyridine rings is 1. The summed E-state index contributed by atoms with van der Waals surface area (Å²) in [6, 6.07) is 5.03. The molecule has 0 bridgehead atoms. The molecule has 5 nitrogen and oxygen atoms in total. The summed E-state index contributed by atoms with van der Waals surface area (Å²) in [6.45, 7) is 0. The van der Waals surface area contributed by atoms with Gasteiger partial charge in [0, 0.05) is 0 Å². The van der Waals surface area contributed by atoms with Gasteiger partial charge in [0.2, 0.25) is 0 Å². The van der Waals surface area contributed by atoms with Gasteiger partial charge in [-0.15, -0.1) is 0 Å². The zero-order chi connectivity index (χ0) is 8.81. The Morgan fingerprint density at radius 3 is 2.00 bits per heavy atom. The van der Waals surface area contributed by atoms with Gasteiger partial charge < -0.3 is 10.4 Å². The minimum atomic E-state index is 0.495. The van der Waals surface area contributed by atoms with Crippen LogP contribution in [0.5, 0.6) is 0 Å². The van der Waals surface area contributed by atoms with E-state index in [1.54, 1.807) is 18.2 Å². The van der Waals surface area contributed by atoms with Crippen LogP contribution in [0.4, 0.5) is 0 Å². The molecule has 0 amide bonds. The lowest BCUT2D eigenvalue weighted by Gasteiger charge is -1.92. The van der Waals surface area contributed by atoms with Crippen LogP contribution < -0.4 is 0 Å². The number of rotatable bonds is 2. The van der Waals surface area contributed by atoms with E-state index < -0.39 is 0 Å². The first kappa shape index (κ1) is 8.19. The highest BCUT2D eigenvalue weighted by atomic mass is 16.4. The third-order valence-electron chi connectivity index (χ3n) is 1.17. The Morgan fingerprint density at radius 2 is 1.58 bits per heavy atom. The molecule has 0 saturated heterocycles. The molecule has 0 unspecified atom stereocenters. The summed E-state index contributed by atoms with van der Waals surface area (Å²) in [6.07, 6.45) is 2.38. The van der Waals surface area contributed by atoms with Crippen molar-refractivity contribution in [2.45, 2.75) is 0 Å². The minimum Gasteiger partial charge on any atom is -0.411 e. The predicted molar refractivity (Wildman–Crippen MR) is 43.0 cm³/mol. The van der Waals surface area contributed by atoms with Crippen molar-refractivity contribution in [3.63, 3.8) is 0 Å². The van der Waals surface area contributed by atoms with Crippen molar-refractivity contribution in [2.75, 3.05) is 0 Å². The van der Waals surface area contributed by atoms with Crippen LogP contribution in [0.15, 0.2) is 28.5 Å². The molecular formula is C7H7N3O2. The van der Waals surface area contributed by atoms with E-state index in [-0.39, 0.29) is 0 Å². The fourth-order valence-electron chi connectivity index (χ4n) is 0.731. The highest BCUT2D eigenvalue weighted by Crippen LogP contribution is 1.94. The van der Waals surface area contributed by atoms with E-state index in [1.807, 2.05) is 0 Å². The molecule has 2 N–H and O–H groups in total. The molecule has 1 aromatic rings. The molecule has 1 rings (SSSR count). The third-order valence-corrected chi connectivity index (χ3v) is 1.17. The second-order valence-corrected chi connectivity index (χ2v) is 1.98. The highest BCUT2D eigenvalue weighted by Gasteiger charge is 1.91. The Balaban J connectivity index is 2.95. The van der Waals surface area contributed by atoms with Gasteiger partial charge in [-0.1, -0.05) is 16.4 Å². The van der Waals surface area contributed by atoms with Crippen molar-refractivity contribution in [2.24, 2.45) is 10.3 Å². The molecule has 0 saturated carbocycles. The quantitative estimate of drug-likeness (QED) is 0.384. The second-order valence-electron chi connectivity index (χ2n) is 1.98. The molecule has 0 fully saturated rings. The average Bonchev–Trinajstić information content (AvgIpc) is 2.06. The molecule has 1 heterocycles. The van der Waals surface area contributed by atoms with Gasteiger partial charge in [0.1, 0.15) is 0 Å². The molecule has 0 aromatic carbocycles. The first-order valence-corrected chi connectivity index (χ1v) is 3.18. The lowest BCUT2D eigenvalue weighted by atomic mass is 10.3. The van der Waals surface area contributed by atoms with Gasteiger partial charge in [-0.05, 0) is 12.1 Å². The molecule has 0 aliphatic carbocycles. The van der Waals surface area contributed by atoms with E-state index in [1.165, 1.54) is 12.4 Å². The number of nitrogens with zero attached hydrogens (tertiary/aromatic N) is 3. The van der Waals surface area contributed by atoms with Gasteiger partial charge >= 0.3 is 0 Å². The van der Waals surface area contributed by atoms with E-state index in [9.17, 15) is 0 Å². The predicted octanol–water partition coefficient (Wildman–Crippen LogP) is 0.698. The zero-order valence-electron chi connectivity index (χ0n) is 6.12. The largest absolute Gasteiger partial charge is 0.411 e. The summed E-state index contributed by atoms with van der Waals surface area (Å²) >= 11 is 0. The maximum atomic E-state index is 8.19. The summed E-state index contributed by atoms with van der Waals surface area (Å²) in [5.74, 6) is 0. The van der Waals surface area contributed by atoms with E-state index in [0.29, 0.717) is 11.4 Å². The summed E-state index contributed by atoms with van der Waals surface area (Å²) in [5.41, 5.74) is 0.991. The Kier molecular flexibility index (Phi) is 2.78. The van der Waals surface area contributed by atoms with Crippen LogP contribution in [-0.4, -0.2) is 27.8 Å². The van der Waals surface area contributed by atoms with E-state index in [0.717, 1.165) is 0 Å². The molecule has 0 spiro atoms. The fraction of sp³-hybridized carbons (Fsp3) is 0. The standard InChI is InChI=1S/C7H7N3O2/c11-8-4-6-2-1-3-7(10-6)5-9-12/h1-5,11-12H/b8-4-,9-5+. The Morgan fingerprint density at radius 1 is 1.08 bits per heavy atom. The van der Waals surface area contributed by atoms with Crippen LogP contribution in [0.2, 0.25) is 0 Å². The van der Waals surface area contributed by atoms with Gasteiger partial charge in [0.05, 0.1) is 23.8 Å².